The van der Waals surface area contributed by atoms with E-state index in [-0.39, 0.29) is 12.0 Å². The molecule has 0 aliphatic heterocycles. The highest BCUT2D eigenvalue weighted by molar-refractivity contribution is 4.94. The molecule has 2 atom stereocenters. The highest BCUT2D eigenvalue weighted by Crippen LogP contribution is 2.41. The zero-order valence-corrected chi connectivity index (χ0v) is 8.91. The molecule has 0 bridgehead atoms. The van der Waals surface area contributed by atoms with E-state index in [1.54, 1.807) is 0 Å². The number of hydrogen-bond donors (Lipinski definition) is 2. The van der Waals surface area contributed by atoms with Crippen molar-refractivity contribution < 1.29 is 10.2 Å². The van der Waals surface area contributed by atoms with Crippen LogP contribution in [0, 0.1) is 5.92 Å². The van der Waals surface area contributed by atoms with E-state index in [2.05, 4.69) is 0 Å². The Hall–Kier alpha value is -0.0800. The van der Waals surface area contributed by atoms with Crippen LogP contribution in [0.15, 0.2) is 0 Å². The van der Waals surface area contributed by atoms with Crippen molar-refractivity contribution in [3.63, 3.8) is 0 Å². The van der Waals surface area contributed by atoms with Crippen molar-refractivity contribution in [3.05, 3.63) is 0 Å². The van der Waals surface area contributed by atoms with Crippen LogP contribution in [0.4, 0.5) is 0 Å². The molecule has 2 nitrogen and oxygen atoms in total. The predicted molar refractivity (Wildman–Crippen MR) is 56.0 cm³/mol. The molecule has 0 saturated heterocycles. The molecule has 0 spiro atoms. The summed E-state index contributed by atoms with van der Waals surface area (Å²) >= 11 is 0. The van der Waals surface area contributed by atoms with Gasteiger partial charge in [-0.15, -0.1) is 0 Å². The van der Waals surface area contributed by atoms with E-state index in [1.807, 2.05) is 0 Å². The van der Waals surface area contributed by atoms with Gasteiger partial charge in [0.15, 0.2) is 0 Å². The summed E-state index contributed by atoms with van der Waals surface area (Å²) in [4.78, 5) is 0. The van der Waals surface area contributed by atoms with Gasteiger partial charge in [0, 0.05) is 5.92 Å². The van der Waals surface area contributed by atoms with Crippen LogP contribution in [0.1, 0.15) is 57.8 Å². The lowest BCUT2D eigenvalue weighted by molar-refractivity contribution is -0.107. The first-order valence-electron chi connectivity index (χ1n) is 6.13. The summed E-state index contributed by atoms with van der Waals surface area (Å²) in [6, 6.07) is 0. The van der Waals surface area contributed by atoms with Crippen molar-refractivity contribution in [2.75, 3.05) is 0 Å². The van der Waals surface area contributed by atoms with Crippen LogP contribution in [-0.2, 0) is 0 Å². The molecule has 2 saturated carbocycles. The molecule has 0 heterocycles. The molecule has 2 aliphatic carbocycles. The monoisotopic (exact) mass is 198 g/mol. The minimum atomic E-state index is -0.530. The number of hydrogen-bond acceptors (Lipinski definition) is 2. The quantitative estimate of drug-likeness (QED) is 0.678. The van der Waals surface area contributed by atoms with Gasteiger partial charge in [0.05, 0.1) is 11.7 Å². The molecule has 2 unspecified atom stereocenters. The zero-order valence-electron chi connectivity index (χ0n) is 8.91. The van der Waals surface area contributed by atoms with Gasteiger partial charge in [0.1, 0.15) is 0 Å². The summed E-state index contributed by atoms with van der Waals surface area (Å²) in [7, 11) is 0. The first kappa shape index (κ1) is 10.4. The molecule has 14 heavy (non-hydrogen) atoms. The molecule has 2 heteroatoms. The maximum atomic E-state index is 10.5. The van der Waals surface area contributed by atoms with Crippen LogP contribution in [-0.4, -0.2) is 21.9 Å². The van der Waals surface area contributed by atoms with Crippen LogP contribution in [0.3, 0.4) is 0 Å². The molecule has 0 aromatic rings. The minimum Gasteiger partial charge on any atom is -0.393 e. The van der Waals surface area contributed by atoms with Gasteiger partial charge in [-0.25, -0.2) is 0 Å². The van der Waals surface area contributed by atoms with Gasteiger partial charge in [0.25, 0.3) is 0 Å². The Kier molecular flexibility index (Phi) is 3.13. The first-order valence-corrected chi connectivity index (χ1v) is 6.13. The Morgan fingerprint density at radius 1 is 0.857 bits per heavy atom. The molecule has 2 fully saturated rings. The van der Waals surface area contributed by atoms with Gasteiger partial charge in [0.2, 0.25) is 0 Å². The lowest BCUT2D eigenvalue weighted by Gasteiger charge is -2.43. The molecule has 0 amide bonds. The smallest absolute Gasteiger partial charge is 0.0700 e. The molecule has 2 rings (SSSR count). The van der Waals surface area contributed by atoms with Crippen LogP contribution in [0.5, 0.6) is 0 Å². The molecule has 0 aromatic carbocycles. The zero-order chi connectivity index (χ0) is 10.0. The molecule has 2 aliphatic rings. The highest BCUT2D eigenvalue weighted by Gasteiger charge is 2.42. The summed E-state index contributed by atoms with van der Waals surface area (Å²) in [5, 5.41) is 20.4. The van der Waals surface area contributed by atoms with E-state index in [4.69, 9.17) is 0 Å². The second kappa shape index (κ2) is 4.19. The highest BCUT2D eigenvalue weighted by atomic mass is 16.3. The van der Waals surface area contributed by atoms with Gasteiger partial charge in [-0.1, -0.05) is 32.1 Å². The van der Waals surface area contributed by atoms with Gasteiger partial charge in [-0.05, 0) is 25.7 Å². The van der Waals surface area contributed by atoms with E-state index in [1.165, 1.54) is 12.8 Å². The van der Waals surface area contributed by atoms with Crippen LogP contribution in [0.2, 0.25) is 0 Å². The summed E-state index contributed by atoms with van der Waals surface area (Å²) < 4.78 is 0. The third-order valence-electron chi connectivity index (χ3n) is 4.14. The molecule has 0 radical (unpaired) electrons. The lowest BCUT2D eigenvalue weighted by atomic mass is 9.69. The van der Waals surface area contributed by atoms with Crippen LogP contribution >= 0.6 is 0 Å². The van der Waals surface area contributed by atoms with Crippen molar-refractivity contribution in [1.29, 1.82) is 0 Å². The fourth-order valence-corrected chi connectivity index (χ4v) is 3.27. The Morgan fingerprint density at radius 2 is 1.50 bits per heavy atom. The average Bonchev–Trinajstić information content (AvgIpc) is 2.19. The number of rotatable bonds is 1. The van der Waals surface area contributed by atoms with Crippen molar-refractivity contribution in [1.82, 2.24) is 0 Å². The number of aliphatic hydroxyl groups is 2. The van der Waals surface area contributed by atoms with Crippen molar-refractivity contribution >= 4 is 0 Å². The third-order valence-corrected chi connectivity index (χ3v) is 4.14. The predicted octanol–water partition coefficient (Wildman–Crippen LogP) is 2.23. The molecule has 2 N–H and O–H groups in total. The van der Waals surface area contributed by atoms with Crippen molar-refractivity contribution in [3.8, 4) is 0 Å². The van der Waals surface area contributed by atoms with Crippen molar-refractivity contribution in [2.24, 2.45) is 5.92 Å². The van der Waals surface area contributed by atoms with Crippen molar-refractivity contribution in [2.45, 2.75) is 69.5 Å². The topological polar surface area (TPSA) is 40.5 Å². The minimum absolute atomic E-state index is 0.163. The molecule has 82 valence electrons. The summed E-state index contributed by atoms with van der Waals surface area (Å²) in [5.74, 6) is 0.163. The first-order chi connectivity index (χ1) is 6.72. The fourth-order valence-electron chi connectivity index (χ4n) is 3.27. The van der Waals surface area contributed by atoms with Crippen LogP contribution in [0.25, 0.3) is 0 Å². The Morgan fingerprint density at radius 3 is 2.14 bits per heavy atom. The second-order valence-electron chi connectivity index (χ2n) is 5.12. The maximum Gasteiger partial charge on any atom is 0.0700 e. The Bertz CT molecular complexity index is 185. The Balaban J connectivity index is 2.02. The molecular formula is C12H22O2. The standard InChI is InChI=1S/C12H22O2/c13-11-7-3-2-6-10(11)12(14)8-4-1-5-9-12/h10-11,13-14H,1-9H2. The molecular weight excluding hydrogens is 176 g/mol. The largest absolute Gasteiger partial charge is 0.393 e. The SMILES string of the molecule is OC1CCCCC1C1(O)CCCCC1. The summed E-state index contributed by atoms with van der Waals surface area (Å²) in [6.45, 7) is 0. The van der Waals surface area contributed by atoms with E-state index < -0.39 is 5.60 Å². The average molecular weight is 198 g/mol. The van der Waals surface area contributed by atoms with Gasteiger partial charge in [-0.3, -0.25) is 0 Å². The van der Waals surface area contributed by atoms with E-state index in [0.717, 1.165) is 44.9 Å². The fraction of sp³-hybridized carbons (Fsp3) is 1.00. The Labute approximate surface area is 86.3 Å². The van der Waals surface area contributed by atoms with Gasteiger partial charge in [-0.2, -0.15) is 0 Å². The van der Waals surface area contributed by atoms with E-state index in [9.17, 15) is 10.2 Å². The lowest BCUT2D eigenvalue weighted by Crippen LogP contribution is -2.47. The van der Waals surface area contributed by atoms with Gasteiger partial charge >= 0.3 is 0 Å². The maximum absolute atomic E-state index is 10.5. The second-order valence-corrected chi connectivity index (χ2v) is 5.12. The van der Waals surface area contributed by atoms with E-state index in [0.29, 0.717) is 0 Å². The molecule has 0 aromatic heterocycles. The van der Waals surface area contributed by atoms with Gasteiger partial charge < -0.3 is 10.2 Å². The van der Waals surface area contributed by atoms with Crippen LogP contribution < -0.4 is 0 Å². The normalized spacial score (nSPS) is 38.1. The third kappa shape index (κ3) is 1.96. The van der Waals surface area contributed by atoms with E-state index >= 15 is 0 Å². The summed E-state index contributed by atoms with van der Waals surface area (Å²) in [6.07, 6.45) is 9.35. The number of aliphatic hydroxyl groups excluding tert-OH is 1. The summed E-state index contributed by atoms with van der Waals surface area (Å²) in [5.41, 5.74) is -0.530.